The third kappa shape index (κ3) is 3.73. The van der Waals surface area contributed by atoms with Gasteiger partial charge in [-0.25, -0.2) is 5.43 Å². The van der Waals surface area contributed by atoms with Crippen LogP contribution in [0.3, 0.4) is 0 Å². The molecule has 20 heavy (non-hydrogen) atoms. The Bertz CT molecular complexity index is 654. The molecule has 0 aliphatic rings. The largest absolute Gasteiger partial charge is 0.399 e. The summed E-state index contributed by atoms with van der Waals surface area (Å²) >= 11 is 11.7. The lowest BCUT2D eigenvalue weighted by molar-refractivity contribution is 0.0955. The summed E-state index contributed by atoms with van der Waals surface area (Å²) in [5.41, 5.74) is 9.77. The molecule has 2 aromatic rings. The van der Waals surface area contributed by atoms with Gasteiger partial charge in [0.25, 0.3) is 5.91 Å². The molecular weight excluding hydrogens is 297 g/mol. The molecule has 102 valence electrons. The number of hydrogen-bond donors (Lipinski definition) is 2. The van der Waals surface area contributed by atoms with E-state index in [2.05, 4.69) is 10.5 Å². The number of nitrogens with one attached hydrogen (secondary N) is 1. The number of hydrogen-bond acceptors (Lipinski definition) is 3. The molecular formula is C14H11Cl2N3O. The number of halogens is 2. The van der Waals surface area contributed by atoms with Gasteiger partial charge in [0, 0.05) is 11.3 Å². The van der Waals surface area contributed by atoms with Crippen molar-refractivity contribution in [2.45, 2.75) is 0 Å². The van der Waals surface area contributed by atoms with Gasteiger partial charge < -0.3 is 5.73 Å². The van der Waals surface area contributed by atoms with E-state index < -0.39 is 0 Å². The van der Waals surface area contributed by atoms with Crippen LogP contribution in [0.15, 0.2) is 47.6 Å². The first-order valence-corrected chi connectivity index (χ1v) is 6.46. The number of nitrogen functional groups attached to an aromatic ring is 1. The van der Waals surface area contributed by atoms with E-state index >= 15 is 0 Å². The summed E-state index contributed by atoms with van der Waals surface area (Å²) in [7, 11) is 0. The van der Waals surface area contributed by atoms with Crippen molar-refractivity contribution in [2.75, 3.05) is 5.73 Å². The first-order chi connectivity index (χ1) is 9.56. The summed E-state index contributed by atoms with van der Waals surface area (Å²) in [5.74, 6) is -0.318. The highest BCUT2D eigenvalue weighted by molar-refractivity contribution is 6.42. The normalized spacial score (nSPS) is 10.7. The Balaban J connectivity index is 2.00. The number of anilines is 1. The van der Waals surface area contributed by atoms with E-state index in [1.807, 2.05) is 0 Å². The first kappa shape index (κ1) is 14.4. The zero-order chi connectivity index (χ0) is 14.5. The summed E-state index contributed by atoms with van der Waals surface area (Å²) in [5, 5.41) is 4.75. The number of rotatable bonds is 3. The molecule has 0 aliphatic carbocycles. The van der Waals surface area contributed by atoms with E-state index in [-0.39, 0.29) is 5.91 Å². The lowest BCUT2D eigenvalue weighted by Gasteiger charge is -2.00. The average molecular weight is 308 g/mol. The second kappa shape index (κ2) is 6.41. The van der Waals surface area contributed by atoms with Crippen LogP contribution in [0.1, 0.15) is 15.9 Å². The van der Waals surface area contributed by atoms with Gasteiger partial charge in [-0.3, -0.25) is 4.79 Å². The molecule has 0 saturated heterocycles. The number of nitrogens with zero attached hydrogens (tertiary/aromatic N) is 1. The van der Waals surface area contributed by atoms with Crippen LogP contribution in [-0.2, 0) is 0 Å². The van der Waals surface area contributed by atoms with Crippen LogP contribution < -0.4 is 11.2 Å². The minimum atomic E-state index is -0.318. The van der Waals surface area contributed by atoms with Crippen LogP contribution in [-0.4, -0.2) is 12.1 Å². The average Bonchev–Trinajstić information content (AvgIpc) is 2.43. The zero-order valence-electron chi connectivity index (χ0n) is 10.3. The minimum Gasteiger partial charge on any atom is -0.399 e. The highest BCUT2D eigenvalue weighted by Crippen LogP contribution is 2.21. The molecule has 0 aliphatic heterocycles. The van der Waals surface area contributed by atoms with Crippen molar-refractivity contribution in [3.8, 4) is 0 Å². The number of amides is 1. The van der Waals surface area contributed by atoms with Crippen LogP contribution in [0, 0.1) is 0 Å². The third-order valence-corrected chi connectivity index (χ3v) is 3.24. The summed E-state index contributed by atoms with van der Waals surface area (Å²) in [6.45, 7) is 0. The number of carbonyl (C=O) groups excluding carboxylic acids is 1. The van der Waals surface area contributed by atoms with Gasteiger partial charge in [-0.1, -0.05) is 29.3 Å². The molecule has 6 heteroatoms. The molecule has 0 saturated carbocycles. The van der Waals surface area contributed by atoms with Crippen LogP contribution in [0.5, 0.6) is 0 Å². The van der Waals surface area contributed by atoms with Crippen LogP contribution >= 0.6 is 23.2 Å². The van der Waals surface area contributed by atoms with E-state index in [9.17, 15) is 4.79 Å². The SMILES string of the molecule is Nc1ccc(C(=O)N/N=C\c2ccc(Cl)c(Cl)c2)cc1. The van der Waals surface area contributed by atoms with Gasteiger partial charge >= 0.3 is 0 Å². The lowest BCUT2D eigenvalue weighted by atomic mass is 10.2. The fourth-order valence-corrected chi connectivity index (χ4v) is 1.76. The first-order valence-electron chi connectivity index (χ1n) is 5.70. The van der Waals surface area contributed by atoms with E-state index in [1.165, 1.54) is 6.21 Å². The molecule has 0 spiro atoms. The summed E-state index contributed by atoms with van der Waals surface area (Å²) in [6.07, 6.45) is 1.48. The second-order valence-electron chi connectivity index (χ2n) is 3.99. The van der Waals surface area contributed by atoms with Crippen molar-refractivity contribution in [1.29, 1.82) is 0 Å². The molecule has 0 atom stereocenters. The van der Waals surface area contributed by atoms with E-state index in [0.717, 1.165) is 5.56 Å². The van der Waals surface area contributed by atoms with Crippen LogP contribution in [0.25, 0.3) is 0 Å². The Morgan fingerprint density at radius 2 is 1.80 bits per heavy atom. The molecule has 0 fully saturated rings. The fraction of sp³-hybridized carbons (Fsp3) is 0. The molecule has 2 aromatic carbocycles. The monoisotopic (exact) mass is 307 g/mol. The Kier molecular flexibility index (Phi) is 4.61. The number of carbonyl (C=O) groups is 1. The fourth-order valence-electron chi connectivity index (χ4n) is 1.46. The molecule has 0 radical (unpaired) electrons. The van der Waals surface area contributed by atoms with Crippen molar-refractivity contribution < 1.29 is 4.79 Å². The molecule has 1 amide bonds. The predicted octanol–water partition coefficient (Wildman–Crippen LogP) is 3.34. The molecule has 0 bridgehead atoms. The molecule has 0 aromatic heterocycles. The van der Waals surface area contributed by atoms with Crippen molar-refractivity contribution in [3.05, 3.63) is 63.6 Å². The smallest absolute Gasteiger partial charge is 0.271 e. The van der Waals surface area contributed by atoms with Gasteiger partial charge in [0.1, 0.15) is 0 Å². The predicted molar refractivity (Wildman–Crippen MR) is 82.4 cm³/mol. The molecule has 2 rings (SSSR count). The minimum absolute atomic E-state index is 0.318. The molecule has 0 unspecified atom stereocenters. The maximum Gasteiger partial charge on any atom is 0.271 e. The quantitative estimate of drug-likeness (QED) is 0.519. The van der Waals surface area contributed by atoms with Gasteiger partial charge in [-0.15, -0.1) is 0 Å². The van der Waals surface area contributed by atoms with Crippen molar-refractivity contribution in [3.63, 3.8) is 0 Å². The Morgan fingerprint density at radius 3 is 2.45 bits per heavy atom. The third-order valence-electron chi connectivity index (χ3n) is 2.50. The van der Waals surface area contributed by atoms with Gasteiger partial charge in [-0.05, 0) is 42.0 Å². The molecule has 4 nitrogen and oxygen atoms in total. The maximum atomic E-state index is 11.8. The summed E-state index contributed by atoms with van der Waals surface area (Å²) in [6, 6.07) is 11.6. The lowest BCUT2D eigenvalue weighted by Crippen LogP contribution is -2.17. The van der Waals surface area contributed by atoms with Crippen molar-refractivity contribution in [1.82, 2.24) is 5.43 Å². The Hall–Kier alpha value is -2.04. The number of hydrazone groups is 1. The molecule has 0 heterocycles. The van der Waals surface area contributed by atoms with E-state index in [0.29, 0.717) is 21.3 Å². The van der Waals surface area contributed by atoms with Crippen LogP contribution in [0.2, 0.25) is 10.0 Å². The van der Waals surface area contributed by atoms with Crippen molar-refractivity contribution in [2.24, 2.45) is 5.10 Å². The Morgan fingerprint density at radius 1 is 1.10 bits per heavy atom. The highest BCUT2D eigenvalue weighted by Gasteiger charge is 2.03. The Labute approximate surface area is 126 Å². The zero-order valence-corrected chi connectivity index (χ0v) is 11.8. The topological polar surface area (TPSA) is 67.5 Å². The number of nitrogens with two attached hydrogens (primary N) is 1. The van der Waals surface area contributed by atoms with Crippen molar-refractivity contribution >= 4 is 41.0 Å². The van der Waals surface area contributed by atoms with Gasteiger partial charge in [-0.2, -0.15) is 5.10 Å². The van der Waals surface area contributed by atoms with E-state index in [4.69, 9.17) is 28.9 Å². The van der Waals surface area contributed by atoms with Gasteiger partial charge in [0.2, 0.25) is 0 Å². The van der Waals surface area contributed by atoms with E-state index in [1.54, 1.807) is 42.5 Å². The summed E-state index contributed by atoms with van der Waals surface area (Å²) in [4.78, 5) is 11.8. The second-order valence-corrected chi connectivity index (χ2v) is 4.81. The van der Waals surface area contributed by atoms with Gasteiger partial charge in [0.05, 0.1) is 16.3 Å². The highest BCUT2D eigenvalue weighted by atomic mass is 35.5. The maximum absolute atomic E-state index is 11.8. The standard InChI is InChI=1S/C14H11Cl2N3O/c15-12-6-1-9(7-13(12)16)8-18-19-14(20)10-2-4-11(17)5-3-10/h1-8H,17H2,(H,19,20)/b18-8-. The number of benzene rings is 2. The van der Waals surface area contributed by atoms with Gasteiger partial charge in [0.15, 0.2) is 0 Å². The summed E-state index contributed by atoms with van der Waals surface area (Å²) < 4.78 is 0. The molecule has 3 N–H and O–H groups in total. The van der Waals surface area contributed by atoms with Crippen LogP contribution in [0.4, 0.5) is 5.69 Å².